The number of fused-ring (bicyclic) bond motifs is 3. The van der Waals surface area contributed by atoms with Crippen LogP contribution >= 0.6 is 0 Å². The molecule has 4 heterocycles. The number of carbonyl (C=O) groups excluding carboxylic acids is 2. The fourth-order valence-corrected chi connectivity index (χ4v) is 10.8. The average Bonchev–Trinajstić information content (AvgIpc) is 3.72. The summed E-state index contributed by atoms with van der Waals surface area (Å²) in [6.07, 6.45) is 2.64. The molecule has 2 N–H and O–H groups in total. The van der Waals surface area contributed by atoms with Gasteiger partial charge in [0.2, 0.25) is 5.91 Å². The van der Waals surface area contributed by atoms with Crippen molar-refractivity contribution in [3.63, 3.8) is 0 Å². The molecule has 2 saturated heterocycles. The Morgan fingerprint density at radius 3 is 2.62 bits per heavy atom. The smallest absolute Gasteiger partial charge is 0.279 e. The number of aliphatic hydroxyl groups is 1. The molecule has 0 radical (unpaired) electrons. The number of anilines is 1. The number of para-hydroxylation sites is 1. The molecule has 244 valence electrons. The summed E-state index contributed by atoms with van der Waals surface area (Å²) < 4.78 is 8.21. The minimum atomic E-state index is -2.95. The molecule has 2 amide bonds. The van der Waals surface area contributed by atoms with E-state index in [4.69, 9.17) is 4.74 Å². The van der Waals surface area contributed by atoms with E-state index in [1.165, 1.54) is 4.68 Å². The van der Waals surface area contributed by atoms with Crippen LogP contribution in [0.25, 0.3) is 16.5 Å². The Labute approximate surface area is 274 Å². The Morgan fingerprint density at radius 1 is 1.06 bits per heavy atom. The first-order valence-corrected chi connectivity index (χ1v) is 19.4. The van der Waals surface area contributed by atoms with E-state index in [0.29, 0.717) is 17.6 Å². The van der Waals surface area contributed by atoms with Crippen molar-refractivity contribution < 1.29 is 24.2 Å². The van der Waals surface area contributed by atoms with Crippen LogP contribution in [0.15, 0.2) is 83.8 Å². The van der Waals surface area contributed by atoms with Gasteiger partial charge in [-0.25, -0.2) is 0 Å². The maximum Gasteiger partial charge on any atom is 0.279 e. The third kappa shape index (κ3) is 5.12. The van der Waals surface area contributed by atoms with Crippen LogP contribution in [0.5, 0.6) is 0 Å². The van der Waals surface area contributed by atoms with E-state index >= 15 is 0 Å². The molecule has 5 atom stereocenters. The molecule has 3 aromatic carbocycles. The summed E-state index contributed by atoms with van der Waals surface area (Å²) in [6, 6.07) is 22.1. The third-order valence-electron chi connectivity index (χ3n) is 10.4. The summed E-state index contributed by atoms with van der Waals surface area (Å²) in [5.41, 5.74) is 0.874. The summed E-state index contributed by atoms with van der Waals surface area (Å²) in [6.45, 7) is 6.37. The minimum absolute atomic E-state index is 0.0370. The van der Waals surface area contributed by atoms with Crippen LogP contribution in [-0.4, -0.2) is 70.0 Å². The number of hydrogen-bond donors (Lipinski definition) is 2. The normalized spacial score (nSPS) is 25.7. The number of aliphatic hydroxyl groups excluding tert-OH is 1. The van der Waals surface area contributed by atoms with Crippen LogP contribution in [-0.2, 0) is 26.5 Å². The van der Waals surface area contributed by atoms with Gasteiger partial charge in [-0.1, -0.05) is 55.5 Å². The fourth-order valence-electron chi connectivity index (χ4n) is 8.28. The molecule has 7 rings (SSSR count). The first-order valence-electron chi connectivity index (χ1n) is 16.3. The molecule has 3 aliphatic rings. The van der Waals surface area contributed by atoms with Gasteiger partial charge in [0.1, 0.15) is 0 Å². The number of amides is 2. The highest BCUT2D eigenvalue weighted by Gasteiger charge is 2.66. The van der Waals surface area contributed by atoms with Crippen LogP contribution in [0.2, 0.25) is 18.6 Å². The van der Waals surface area contributed by atoms with Gasteiger partial charge in [-0.3, -0.25) is 14.4 Å². The zero-order valence-electron chi connectivity index (χ0n) is 26.9. The molecule has 11 heteroatoms. The molecular formula is C36H40N4O6Si. The van der Waals surface area contributed by atoms with E-state index in [1.54, 1.807) is 22.1 Å². The number of ether oxygens (including phenoxy) is 1. The molecular weight excluding hydrogens is 613 g/mol. The number of rotatable bonds is 7. The van der Waals surface area contributed by atoms with Gasteiger partial charge < -0.3 is 24.4 Å². The lowest BCUT2D eigenvalue weighted by atomic mass is 9.82. The molecule has 0 saturated carbocycles. The molecule has 1 aromatic heterocycles. The van der Waals surface area contributed by atoms with Crippen LogP contribution in [0.1, 0.15) is 37.3 Å². The van der Waals surface area contributed by atoms with Gasteiger partial charge in [-0.15, -0.1) is 0 Å². The molecule has 0 bridgehead atoms. The van der Waals surface area contributed by atoms with Gasteiger partial charge in [0.25, 0.3) is 11.5 Å². The molecule has 10 nitrogen and oxygen atoms in total. The predicted molar refractivity (Wildman–Crippen MR) is 181 cm³/mol. The zero-order valence-corrected chi connectivity index (χ0v) is 27.9. The first kappa shape index (κ1) is 31.4. The van der Waals surface area contributed by atoms with Gasteiger partial charge in [0.05, 0.1) is 54.7 Å². The van der Waals surface area contributed by atoms with Crippen molar-refractivity contribution in [2.45, 2.75) is 69.1 Å². The third-order valence-corrected chi connectivity index (χ3v) is 12.9. The predicted octanol–water partition coefficient (Wildman–Crippen LogP) is 4.10. The lowest BCUT2D eigenvalue weighted by molar-refractivity contribution is -0.150. The van der Waals surface area contributed by atoms with Gasteiger partial charge in [-0.05, 0) is 55.8 Å². The van der Waals surface area contributed by atoms with Gasteiger partial charge in [0, 0.05) is 29.0 Å². The standard InChI is InChI=1S/C36H40N4O6Si/c1-23-33(47(2,3)45)31(19-32(42)38-17-9-13-27(38)22-41)46-36(23)29-15-6-7-16-30(29)39(35(36)44)21-24-10-8-12-26(18-24)40-34(43)28-14-5-4-11-25(28)20-37-40/h4-8,10-12,14-16,18,20,23,27,31,33,41,45H,9,13,17,19,21-22H2,1-3H3/t23-,27+,31+,33-,36+/m1/s1. The number of benzene rings is 3. The monoisotopic (exact) mass is 652 g/mol. The number of carbonyl (C=O) groups is 2. The summed E-state index contributed by atoms with van der Waals surface area (Å²) in [5, 5.41) is 15.6. The number of likely N-dealkylation sites (tertiary alicyclic amines) is 1. The fraction of sp³-hybridized carbons (Fsp3) is 0.389. The maximum atomic E-state index is 14.8. The largest absolute Gasteiger partial charge is 0.432 e. The Hall–Kier alpha value is -4.16. The highest BCUT2D eigenvalue weighted by molar-refractivity contribution is 6.71. The number of nitrogens with zero attached hydrogens (tertiary/aromatic N) is 4. The molecule has 2 fully saturated rings. The van der Waals surface area contributed by atoms with Gasteiger partial charge in [0.15, 0.2) is 13.9 Å². The Morgan fingerprint density at radius 2 is 1.83 bits per heavy atom. The maximum absolute atomic E-state index is 14.8. The Kier molecular flexibility index (Phi) is 7.90. The van der Waals surface area contributed by atoms with Crippen LogP contribution in [0.4, 0.5) is 5.69 Å². The van der Waals surface area contributed by atoms with E-state index in [2.05, 4.69) is 5.10 Å². The quantitative estimate of drug-likeness (QED) is 0.288. The summed E-state index contributed by atoms with van der Waals surface area (Å²) >= 11 is 0. The highest BCUT2D eigenvalue weighted by atomic mass is 28.4. The van der Waals surface area contributed by atoms with Crippen LogP contribution in [0.3, 0.4) is 0 Å². The summed E-state index contributed by atoms with van der Waals surface area (Å²) in [5.74, 6) is -0.751. The number of aromatic nitrogens is 2. The number of hydrogen-bond acceptors (Lipinski definition) is 7. The second kappa shape index (κ2) is 11.8. The lowest BCUT2D eigenvalue weighted by Crippen LogP contribution is -2.46. The molecule has 4 aromatic rings. The van der Waals surface area contributed by atoms with Crippen molar-refractivity contribution in [2.24, 2.45) is 5.92 Å². The van der Waals surface area contributed by atoms with Crippen molar-refractivity contribution in [3.8, 4) is 5.69 Å². The van der Waals surface area contributed by atoms with E-state index in [1.807, 2.05) is 86.7 Å². The van der Waals surface area contributed by atoms with Crippen molar-refractivity contribution in [2.75, 3.05) is 18.1 Å². The Balaban J connectivity index is 1.22. The highest BCUT2D eigenvalue weighted by Crippen LogP contribution is 2.59. The van der Waals surface area contributed by atoms with E-state index in [0.717, 1.165) is 35.0 Å². The van der Waals surface area contributed by atoms with Crippen LogP contribution in [0, 0.1) is 5.92 Å². The second-order valence-electron chi connectivity index (χ2n) is 13.7. The SMILES string of the molecule is C[C@@H]1[C@@H]([Si](C)(C)O)[C@H](CC(=O)N2CCC[C@H]2CO)O[C@@]12C(=O)N(Cc1cccc(-n3ncc4ccccc4c3=O)c1)c1ccccc12. The molecule has 0 aliphatic carbocycles. The lowest BCUT2D eigenvalue weighted by Gasteiger charge is -2.32. The molecule has 1 spiro atoms. The summed E-state index contributed by atoms with van der Waals surface area (Å²) in [7, 11) is -2.95. The van der Waals surface area contributed by atoms with E-state index in [-0.39, 0.29) is 48.5 Å². The van der Waals surface area contributed by atoms with Crippen molar-refractivity contribution in [3.05, 3.63) is 100 Å². The second-order valence-corrected chi connectivity index (χ2v) is 17.6. The van der Waals surface area contributed by atoms with E-state index < -0.39 is 25.9 Å². The van der Waals surface area contributed by atoms with E-state index in [9.17, 15) is 24.3 Å². The van der Waals surface area contributed by atoms with Crippen molar-refractivity contribution >= 4 is 36.6 Å². The molecule has 47 heavy (non-hydrogen) atoms. The average molecular weight is 653 g/mol. The minimum Gasteiger partial charge on any atom is -0.432 e. The molecule has 3 aliphatic heterocycles. The van der Waals surface area contributed by atoms with Crippen molar-refractivity contribution in [1.82, 2.24) is 14.7 Å². The Bertz CT molecular complexity index is 1920. The van der Waals surface area contributed by atoms with Gasteiger partial charge in [-0.2, -0.15) is 9.78 Å². The zero-order chi connectivity index (χ0) is 33.1. The summed E-state index contributed by atoms with van der Waals surface area (Å²) in [4.78, 5) is 56.7. The first-order chi connectivity index (χ1) is 22.5. The van der Waals surface area contributed by atoms with Crippen LogP contribution < -0.4 is 10.5 Å². The molecule has 0 unspecified atom stereocenters. The van der Waals surface area contributed by atoms with Crippen molar-refractivity contribution in [1.29, 1.82) is 0 Å². The topological polar surface area (TPSA) is 125 Å². The van der Waals surface area contributed by atoms with Gasteiger partial charge >= 0.3 is 0 Å².